The third-order valence-electron chi connectivity index (χ3n) is 0.711. The fraction of sp³-hybridized carbons (Fsp3) is 0. The maximum Gasteiger partial charge on any atom is -0.0221 e. The summed E-state index contributed by atoms with van der Waals surface area (Å²) in [4.78, 5) is 7.47. The van der Waals surface area contributed by atoms with Gasteiger partial charge in [-0.25, -0.2) is 4.98 Å². The molecule has 0 fully saturated rings. The zero-order valence-corrected chi connectivity index (χ0v) is 14.3. The first kappa shape index (κ1) is 13.8. The van der Waals surface area contributed by atoms with Gasteiger partial charge in [-0.2, -0.15) is 0 Å². The molecule has 2 aromatic heterocycles. The van der Waals surface area contributed by atoms with Crippen LogP contribution in [0.1, 0.15) is 0 Å². The molecule has 0 N–H and O–H groups in total. The summed E-state index contributed by atoms with van der Waals surface area (Å²) < 4.78 is 0.947. The molecular weight excluding hydrogens is 389 g/mol. The van der Waals surface area contributed by atoms with Gasteiger partial charge in [-0.05, 0) is 21.4 Å². The molecule has 0 radical (unpaired) electrons. The van der Waals surface area contributed by atoms with Gasteiger partial charge >= 0.3 is 30.0 Å². The minimum absolute atomic E-state index is 0.947. The minimum Gasteiger partial charge on any atom is -0.394 e. The number of rotatable bonds is 0. The predicted octanol–water partition coefficient (Wildman–Crippen LogP) is 3.69. The number of hydrogen-bond acceptors (Lipinski definition) is 4. The molecule has 7 heteroatoms. The Morgan fingerprint density at radius 3 is 2.23 bits per heavy atom. The van der Waals surface area contributed by atoms with Gasteiger partial charge in [0.1, 0.15) is 0 Å². The molecule has 13 heavy (non-hydrogen) atoms. The molecule has 0 aliphatic heterocycles. The molecule has 2 aromatic rings. The Bertz CT molecular complexity index is 245. The molecular formula is C6H4Br2N2S2Zn. The fourth-order valence-corrected chi connectivity index (χ4v) is 1.46. The summed E-state index contributed by atoms with van der Waals surface area (Å²) in [6.45, 7) is 0. The molecule has 2 rings (SSSR count). The molecule has 0 atom stereocenters. The maximum absolute atomic E-state index is 3.85. The summed E-state index contributed by atoms with van der Waals surface area (Å²) in [6.07, 6.45) is 3.47. The molecule has 0 spiro atoms. The first-order valence-corrected chi connectivity index (χ1v) is 12.5. The topological polar surface area (TPSA) is 25.8 Å². The molecule has 0 unspecified atom stereocenters. The molecule has 0 amide bonds. The van der Waals surface area contributed by atoms with Crippen LogP contribution in [0.25, 0.3) is 0 Å². The largest absolute Gasteiger partial charge is 0.394 e. The maximum atomic E-state index is 3.85. The van der Waals surface area contributed by atoms with Crippen LogP contribution in [0.3, 0.4) is 0 Å². The third-order valence-corrected chi connectivity index (χ3v) is 2.50. The summed E-state index contributed by atoms with van der Waals surface area (Å²) in [5, 5.41) is 3.80. The van der Waals surface area contributed by atoms with Crippen molar-refractivity contribution < 1.29 is 16.3 Å². The van der Waals surface area contributed by atoms with Crippen molar-refractivity contribution in [1.82, 2.24) is 9.97 Å². The number of halogens is 2. The Morgan fingerprint density at radius 1 is 1.31 bits per heavy atom. The van der Waals surface area contributed by atoms with Crippen molar-refractivity contribution >= 4 is 52.2 Å². The van der Waals surface area contributed by atoms with Gasteiger partial charge in [0.25, 0.3) is 0 Å². The number of hydrogen-bond donors (Lipinski definition) is 0. The fourth-order valence-electron chi connectivity index (χ4n) is 0.358. The van der Waals surface area contributed by atoms with Crippen LogP contribution in [0.4, 0.5) is 0 Å². The van der Waals surface area contributed by atoms with Crippen LogP contribution in [0, 0.1) is 5.51 Å². The van der Waals surface area contributed by atoms with Crippen molar-refractivity contribution in [2.75, 3.05) is 0 Å². The molecule has 0 saturated carbocycles. The summed E-state index contributed by atoms with van der Waals surface area (Å²) in [5.41, 5.74) is 2.65. The first-order chi connectivity index (χ1) is 6.39. The first-order valence-electron chi connectivity index (χ1n) is 2.97. The number of nitrogens with zero attached hydrogens (tertiary/aromatic N) is 2. The van der Waals surface area contributed by atoms with Gasteiger partial charge in [0.15, 0.2) is 3.92 Å². The van der Waals surface area contributed by atoms with Crippen molar-refractivity contribution in [3.8, 4) is 0 Å². The van der Waals surface area contributed by atoms with Crippen molar-refractivity contribution in [2.45, 2.75) is 0 Å². The Labute approximate surface area is 110 Å². The predicted molar refractivity (Wildman–Crippen MR) is 59.7 cm³/mol. The average molecular weight is 393 g/mol. The average Bonchev–Trinajstić information content (AvgIpc) is 2.81. The second kappa shape index (κ2) is 10.9. The van der Waals surface area contributed by atoms with Gasteiger partial charge in [0.05, 0.1) is 0 Å². The summed E-state index contributed by atoms with van der Waals surface area (Å²) in [6, 6.07) is 0. The summed E-state index contributed by atoms with van der Waals surface area (Å²) >= 11 is 10.5. The van der Waals surface area contributed by atoms with E-state index >= 15 is 0 Å². The SMILES string of the molecule is Brc1nccs1.[Zn+][Br].[c-]1nccs1. The van der Waals surface area contributed by atoms with E-state index in [1.807, 2.05) is 10.8 Å². The van der Waals surface area contributed by atoms with Crippen LogP contribution < -0.4 is 0 Å². The van der Waals surface area contributed by atoms with Crippen LogP contribution in [0.5, 0.6) is 0 Å². The standard InChI is InChI=1S/C3H2BrNS.C3H2NS.BrH.Zn/c4-3-5-1-2-6-3;1-2-5-3-4-1;;/h1-2H;1-2H;1H;/q;-1;;+2/p-1. The second-order valence-corrected chi connectivity index (χ2v) is 4.27. The van der Waals surface area contributed by atoms with E-state index in [9.17, 15) is 0 Å². The normalized spacial score (nSPS) is 7.69. The summed E-state index contributed by atoms with van der Waals surface area (Å²) in [7, 11) is 0. The zero-order valence-electron chi connectivity index (χ0n) is 6.48. The van der Waals surface area contributed by atoms with Crippen LogP contribution in [-0.4, -0.2) is 9.97 Å². The van der Waals surface area contributed by atoms with E-state index in [4.69, 9.17) is 0 Å². The Morgan fingerprint density at radius 2 is 2.08 bits per heavy atom. The second-order valence-electron chi connectivity index (χ2n) is 1.41. The van der Waals surface area contributed by atoms with E-state index < -0.39 is 0 Å². The molecule has 0 saturated heterocycles. The van der Waals surface area contributed by atoms with Gasteiger partial charge in [-0.3, -0.25) is 11.3 Å². The monoisotopic (exact) mass is 390 g/mol. The van der Waals surface area contributed by atoms with E-state index in [1.54, 1.807) is 23.7 Å². The van der Waals surface area contributed by atoms with Gasteiger partial charge in [-0.15, -0.1) is 22.9 Å². The van der Waals surface area contributed by atoms with E-state index in [0.29, 0.717) is 0 Å². The van der Waals surface area contributed by atoms with E-state index in [-0.39, 0.29) is 0 Å². The quantitative estimate of drug-likeness (QED) is 0.504. The zero-order chi connectivity index (χ0) is 9.94. The van der Waals surface area contributed by atoms with Crippen LogP contribution in [0.2, 0.25) is 0 Å². The molecule has 66 valence electrons. The van der Waals surface area contributed by atoms with Gasteiger partial charge in [-0.1, -0.05) is 0 Å². The third kappa shape index (κ3) is 9.15. The molecule has 0 bridgehead atoms. The molecule has 2 nitrogen and oxygen atoms in total. The van der Waals surface area contributed by atoms with Crippen molar-refractivity contribution in [3.63, 3.8) is 0 Å². The minimum atomic E-state index is 0.947. The van der Waals surface area contributed by atoms with Gasteiger partial charge in [0.2, 0.25) is 0 Å². The van der Waals surface area contributed by atoms with Crippen molar-refractivity contribution in [3.05, 3.63) is 32.6 Å². The Kier molecular flexibility index (Phi) is 11.6. The van der Waals surface area contributed by atoms with E-state index in [2.05, 4.69) is 45.0 Å². The van der Waals surface area contributed by atoms with Crippen LogP contribution in [0.15, 0.2) is 27.1 Å². The molecule has 2 heterocycles. The molecule has 0 aliphatic rings. The van der Waals surface area contributed by atoms with Gasteiger partial charge < -0.3 is 4.98 Å². The number of thiazole rings is 2. The molecule has 0 aliphatic carbocycles. The van der Waals surface area contributed by atoms with Crippen molar-refractivity contribution in [2.24, 2.45) is 0 Å². The van der Waals surface area contributed by atoms with Crippen LogP contribution >= 0.6 is 52.2 Å². The molecule has 0 aromatic carbocycles. The smallest absolute Gasteiger partial charge is 0.0221 e. The van der Waals surface area contributed by atoms with E-state index in [0.717, 1.165) is 3.92 Å². The number of aromatic nitrogens is 2. The Balaban J connectivity index is 0.000000189. The van der Waals surface area contributed by atoms with Crippen LogP contribution in [-0.2, 0) is 16.3 Å². The van der Waals surface area contributed by atoms with Crippen molar-refractivity contribution in [1.29, 1.82) is 0 Å². The van der Waals surface area contributed by atoms with E-state index in [1.165, 1.54) is 27.7 Å². The van der Waals surface area contributed by atoms with Gasteiger partial charge in [0, 0.05) is 11.6 Å². The Hall–Kier alpha value is 0.843. The summed E-state index contributed by atoms with van der Waals surface area (Å²) in [5.74, 6) is 0.